The monoisotopic (exact) mass is 288 g/mol. The van der Waals surface area contributed by atoms with Gasteiger partial charge in [-0.15, -0.1) is 0 Å². The molecule has 1 aliphatic carbocycles. The minimum absolute atomic E-state index is 0.190. The number of aryl methyl sites for hydroxylation is 1. The van der Waals surface area contributed by atoms with Gasteiger partial charge in [0.15, 0.2) is 0 Å². The minimum atomic E-state index is -0.190. The van der Waals surface area contributed by atoms with E-state index in [0.29, 0.717) is 0 Å². The van der Waals surface area contributed by atoms with E-state index in [4.69, 9.17) is 0 Å². The van der Waals surface area contributed by atoms with Gasteiger partial charge in [-0.2, -0.15) is 0 Å². The largest absolute Gasteiger partial charge is 0.207 e. The highest BCUT2D eigenvalue weighted by Gasteiger charge is 2.18. The molecule has 3 aromatic carbocycles. The van der Waals surface area contributed by atoms with Crippen LogP contribution in [0.3, 0.4) is 0 Å². The topological polar surface area (TPSA) is 0 Å². The van der Waals surface area contributed by atoms with Crippen LogP contribution in [-0.2, 0) is 12.8 Å². The highest BCUT2D eigenvalue weighted by atomic mass is 19.1. The molecule has 0 atom stereocenters. The predicted octanol–water partition coefficient (Wildman–Crippen LogP) is 5.63. The summed E-state index contributed by atoms with van der Waals surface area (Å²) in [7, 11) is 0. The average molecular weight is 288 g/mol. The van der Waals surface area contributed by atoms with Crippen LogP contribution in [0.2, 0.25) is 0 Å². The molecular weight excluding hydrogens is 271 g/mol. The van der Waals surface area contributed by atoms with Crippen molar-refractivity contribution in [3.63, 3.8) is 0 Å². The normalized spacial score (nSPS) is 12.1. The zero-order valence-electron chi connectivity index (χ0n) is 12.6. The van der Waals surface area contributed by atoms with Crippen molar-refractivity contribution in [2.75, 3.05) is 0 Å². The van der Waals surface area contributed by atoms with Gasteiger partial charge in [0.25, 0.3) is 0 Å². The van der Waals surface area contributed by atoms with Crippen LogP contribution < -0.4 is 0 Å². The molecule has 0 radical (unpaired) electrons. The lowest BCUT2D eigenvalue weighted by Crippen LogP contribution is -1.85. The maximum Gasteiger partial charge on any atom is 0.123 e. The van der Waals surface area contributed by atoms with E-state index in [-0.39, 0.29) is 5.82 Å². The Morgan fingerprint density at radius 2 is 1.41 bits per heavy atom. The van der Waals surface area contributed by atoms with Crippen LogP contribution in [0.1, 0.15) is 23.6 Å². The van der Waals surface area contributed by atoms with Crippen LogP contribution in [-0.4, -0.2) is 0 Å². The molecule has 22 heavy (non-hydrogen) atoms. The van der Waals surface area contributed by atoms with Crippen LogP contribution in [0.25, 0.3) is 22.3 Å². The van der Waals surface area contributed by atoms with Gasteiger partial charge in [0.2, 0.25) is 0 Å². The SMILES string of the molecule is CCc1ccc2c(c1)Cc1cc(-c3ccc(F)cc3)ccc1-2. The van der Waals surface area contributed by atoms with E-state index in [2.05, 4.69) is 43.3 Å². The number of fused-ring (bicyclic) bond motifs is 3. The van der Waals surface area contributed by atoms with Crippen LogP contribution in [0.5, 0.6) is 0 Å². The fraction of sp³-hybridized carbons (Fsp3) is 0.143. The first-order valence-electron chi connectivity index (χ1n) is 7.75. The summed E-state index contributed by atoms with van der Waals surface area (Å²) in [5.41, 5.74) is 9.10. The maximum absolute atomic E-state index is 13.1. The van der Waals surface area contributed by atoms with E-state index in [1.165, 1.54) is 39.9 Å². The van der Waals surface area contributed by atoms with Gasteiger partial charge in [0.05, 0.1) is 0 Å². The molecule has 4 rings (SSSR count). The second-order valence-electron chi connectivity index (χ2n) is 5.90. The zero-order valence-corrected chi connectivity index (χ0v) is 12.6. The number of halogens is 1. The van der Waals surface area contributed by atoms with Gasteiger partial charge in [0, 0.05) is 0 Å². The first-order chi connectivity index (χ1) is 10.7. The Hall–Kier alpha value is -2.41. The van der Waals surface area contributed by atoms with Gasteiger partial charge >= 0.3 is 0 Å². The molecule has 0 N–H and O–H groups in total. The summed E-state index contributed by atoms with van der Waals surface area (Å²) < 4.78 is 13.1. The third-order valence-electron chi connectivity index (χ3n) is 4.53. The first kappa shape index (κ1) is 13.3. The quantitative estimate of drug-likeness (QED) is 0.448. The van der Waals surface area contributed by atoms with Crippen LogP contribution in [0, 0.1) is 5.82 Å². The molecule has 0 unspecified atom stereocenters. The van der Waals surface area contributed by atoms with E-state index < -0.39 is 0 Å². The van der Waals surface area contributed by atoms with E-state index in [1.807, 2.05) is 12.1 Å². The molecule has 0 heterocycles. The van der Waals surface area contributed by atoms with Gasteiger partial charge in [-0.1, -0.05) is 55.5 Å². The molecule has 0 aliphatic heterocycles. The maximum atomic E-state index is 13.1. The summed E-state index contributed by atoms with van der Waals surface area (Å²) in [6.07, 6.45) is 2.07. The Labute approximate surface area is 130 Å². The number of rotatable bonds is 2. The van der Waals surface area contributed by atoms with Crippen molar-refractivity contribution in [1.82, 2.24) is 0 Å². The van der Waals surface area contributed by atoms with Gasteiger partial charge in [0.1, 0.15) is 5.82 Å². The second kappa shape index (κ2) is 5.10. The lowest BCUT2D eigenvalue weighted by molar-refractivity contribution is 0.628. The van der Waals surface area contributed by atoms with E-state index >= 15 is 0 Å². The molecule has 0 saturated heterocycles. The van der Waals surface area contributed by atoms with Crippen LogP contribution in [0.15, 0.2) is 60.7 Å². The van der Waals surface area contributed by atoms with Gasteiger partial charge < -0.3 is 0 Å². The number of hydrogen-bond acceptors (Lipinski definition) is 0. The Kier molecular flexibility index (Phi) is 3.07. The Morgan fingerprint density at radius 1 is 0.773 bits per heavy atom. The second-order valence-corrected chi connectivity index (χ2v) is 5.90. The van der Waals surface area contributed by atoms with Crippen molar-refractivity contribution in [3.8, 4) is 22.3 Å². The number of benzene rings is 3. The lowest BCUT2D eigenvalue weighted by Gasteiger charge is -2.06. The molecule has 0 fully saturated rings. The molecule has 0 saturated carbocycles. The average Bonchev–Trinajstić information content (AvgIpc) is 2.92. The third kappa shape index (κ3) is 2.14. The molecular formula is C21H17F. The highest BCUT2D eigenvalue weighted by molar-refractivity contribution is 5.80. The Balaban J connectivity index is 1.76. The molecule has 0 bridgehead atoms. The fourth-order valence-electron chi connectivity index (χ4n) is 3.31. The van der Waals surface area contributed by atoms with Gasteiger partial charge in [-0.3, -0.25) is 0 Å². The van der Waals surface area contributed by atoms with Crippen molar-refractivity contribution < 1.29 is 4.39 Å². The van der Waals surface area contributed by atoms with Gasteiger partial charge in [-0.25, -0.2) is 4.39 Å². The van der Waals surface area contributed by atoms with Gasteiger partial charge in [-0.05, 0) is 63.9 Å². The van der Waals surface area contributed by atoms with E-state index in [1.54, 1.807) is 0 Å². The minimum Gasteiger partial charge on any atom is -0.207 e. The summed E-state index contributed by atoms with van der Waals surface area (Å²) in [5.74, 6) is -0.190. The predicted molar refractivity (Wildman–Crippen MR) is 89.5 cm³/mol. The summed E-state index contributed by atoms with van der Waals surface area (Å²) in [6.45, 7) is 2.19. The van der Waals surface area contributed by atoms with E-state index in [9.17, 15) is 4.39 Å². The summed E-state index contributed by atoms with van der Waals surface area (Å²) in [4.78, 5) is 0. The molecule has 1 aliphatic rings. The molecule has 0 aromatic heterocycles. The summed E-state index contributed by atoms with van der Waals surface area (Å²) >= 11 is 0. The smallest absolute Gasteiger partial charge is 0.123 e. The first-order valence-corrected chi connectivity index (χ1v) is 7.75. The zero-order chi connectivity index (χ0) is 15.1. The molecule has 1 heteroatoms. The Bertz CT molecular complexity index is 844. The van der Waals surface area contributed by atoms with E-state index in [0.717, 1.165) is 24.0 Å². The summed E-state index contributed by atoms with van der Waals surface area (Å²) in [5, 5.41) is 0. The standard InChI is InChI=1S/C21H17F/c1-2-14-3-9-20-17(11-14)13-18-12-16(6-10-21(18)20)15-4-7-19(22)8-5-15/h3-12H,2,13H2,1H3. The Morgan fingerprint density at radius 3 is 2.14 bits per heavy atom. The number of hydrogen-bond donors (Lipinski definition) is 0. The molecule has 0 spiro atoms. The fourth-order valence-corrected chi connectivity index (χ4v) is 3.31. The van der Waals surface area contributed by atoms with Crippen LogP contribution >= 0.6 is 0 Å². The molecule has 0 amide bonds. The van der Waals surface area contributed by atoms with Crippen molar-refractivity contribution in [2.24, 2.45) is 0 Å². The van der Waals surface area contributed by atoms with Crippen molar-refractivity contribution in [3.05, 3.63) is 83.2 Å². The highest BCUT2D eigenvalue weighted by Crippen LogP contribution is 2.39. The molecule has 108 valence electrons. The third-order valence-corrected chi connectivity index (χ3v) is 4.53. The van der Waals surface area contributed by atoms with Crippen molar-refractivity contribution in [2.45, 2.75) is 19.8 Å². The molecule has 3 aromatic rings. The van der Waals surface area contributed by atoms with Crippen molar-refractivity contribution >= 4 is 0 Å². The van der Waals surface area contributed by atoms with Crippen LogP contribution in [0.4, 0.5) is 4.39 Å². The van der Waals surface area contributed by atoms with Crippen molar-refractivity contribution in [1.29, 1.82) is 0 Å². The lowest BCUT2D eigenvalue weighted by atomic mass is 9.99. The summed E-state index contributed by atoms with van der Waals surface area (Å²) in [6, 6.07) is 20.1. The molecule has 0 nitrogen and oxygen atoms in total.